The zero-order chi connectivity index (χ0) is 14.7. The van der Waals surface area contributed by atoms with Crippen molar-refractivity contribution < 1.29 is 14.3 Å². The van der Waals surface area contributed by atoms with E-state index in [4.69, 9.17) is 4.74 Å². The molecule has 0 spiro atoms. The van der Waals surface area contributed by atoms with E-state index in [-0.39, 0.29) is 17.7 Å². The summed E-state index contributed by atoms with van der Waals surface area (Å²) >= 11 is 0. The molecular formula is C15H20N2O3. The second-order valence-electron chi connectivity index (χ2n) is 5.02. The van der Waals surface area contributed by atoms with Crippen molar-refractivity contribution in [3.63, 3.8) is 0 Å². The Balaban J connectivity index is 2.20. The number of ether oxygens (including phenoxy) is 1. The van der Waals surface area contributed by atoms with Gasteiger partial charge in [0.25, 0.3) is 0 Å². The van der Waals surface area contributed by atoms with Crippen LogP contribution in [0, 0.1) is 0 Å². The Labute approximate surface area is 118 Å². The van der Waals surface area contributed by atoms with Crippen LogP contribution >= 0.6 is 0 Å². The van der Waals surface area contributed by atoms with E-state index in [1.807, 2.05) is 18.2 Å². The molecule has 1 unspecified atom stereocenters. The predicted octanol–water partition coefficient (Wildman–Crippen LogP) is 1.67. The monoisotopic (exact) mass is 276 g/mol. The molecule has 1 N–H and O–H groups in total. The zero-order valence-electron chi connectivity index (χ0n) is 12.1. The van der Waals surface area contributed by atoms with Crippen LogP contribution < -0.4 is 15.0 Å². The largest absolute Gasteiger partial charge is 0.497 e. The molecule has 1 aromatic carbocycles. The molecule has 20 heavy (non-hydrogen) atoms. The number of rotatable bonds is 4. The number of amides is 2. The van der Waals surface area contributed by atoms with Gasteiger partial charge in [-0.15, -0.1) is 0 Å². The standard InChI is InChI=1S/C15H20N2O3/c1-10(18)16-7-6-12-9-17(11(2)19)15-5-4-13(20-3)8-14(12)15/h4-5,8,12H,6-7,9H2,1-3H3,(H,16,18). The number of nitrogens with zero attached hydrogens (tertiary/aromatic N) is 1. The first-order valence-electron chi connectivity index (χ1n) is 6.73. The lowest BCUT2D eigenvalue weighted by molar-refractivity contribution is -0.119. The first-order chi connectivity index (χ1) is 9.52. The van der Waals surface area contributed by atoms with Crippen LogP contribution in [-0.2, 0) is 9.59 Å². The summed E-state index contributed by atoms with van der Waals surface area (Å²) in [6.07, 6.45) is 0.809. The van der Waals surface area contributed by atoms with Gasteiger partial charge in [0.2, 0.25) is 11.8 Å². The molecule has 0 saturated carbocycles. The van der Waals surface area contributed by atoms with Gasteiger partial charge in [-0.05, 0) is 30.2 Å². The highest BCUT2D eigenvalue weighted by atomic mass is 16.5. The molecule has 0 aromatic heterocycles. The first kappa shape index (κ1) is 14.4. The molecule has 2 amide bonds. The SMILES string of the molecule is COc1ccc2c(c1)C(CCNC(C)=O)CN2C(C)=O. The van der Waals surface area contributed by atoms with Crippen LogP contribution in [0.3, 0.4) is 0 Å². The smallest absolute Gasteiger partial charge is 0.223 e. The summed E-state index contributed by atoms with van der Waals surface area (Å²) in [6.45, 7) is 4.36. The van der Waals surface area contributed by atoms with Crippen LogP contribution in [0.1, 0.15) is 31.7 Å². The number of benzene rings is 1. The molecule has 1 aromatic rings. The normalized spacial score (nSPS) is 16.8. The van der Waals surface area contributed by atoms with Gasteiger partial charge in [0.05, 0.1) is 7.11 Å². The Bertz CT molecular complexity index is 528. The van der Waals surface area contributed by atoms with E-state index in [1.54, 1.807) is 18.9 Å². The minimum Gasteiger partial charge on any atom is -0.497 e. The van der Waals surface area contributed by atoms with Gasteiger partial charge in [-0.1, -0.05) is 0 Å². The average Bonchev–Trinajstić information content (AvgIpc) is 2.76. The minimum absolute atomic E-state index is 0.0303. The van der Waals surface area contributed by atoms with E-state index in [0.29, 0.717) is 13.1 Å². The Morgan fingerprint density at radius 2 is 2.15 bits per heavy atom. The molecule has 1 heterocycles. The molecule has 0 fully saturated rings. The quantitative estimate of drug-likeness (QED) is 0.910. The Morgan fingerprint density at radius 1 is 1.40 bits per heavy atom. The van der Waals surface area contributed by atoms with Gasteiger partial charge in [-0.25, -0.2) is 0 Å². The van der Waals surface area contributed by atoms with Crippen molar-refractivity contribution in [3.8, 4) is 5.75 Å². The second-order valence-corrected chi connectivity index (χ2v) is 5.02. The van der Waals surface area contributed by atoms with Gasteiger partial charge in [-0.2, -0.15) is 0 Å². The van der Waals surface area contributed by atoms with Crippen molar-refractivity contribution in [3.05, 3.63) is 23.8 Å². The Kier molecular flexibility index (Phi) is 4.27. The van der Waals surface area contributed by atoms with Gasteiger partial charge < -0.3 is 15.0 Å². The molecule has 0 radical (unpaired) electrons. The maximum absolute atomic E-state index is 11.7. The molecule has 2 rings (SSSR count). The number of fused-ring (bicyclic) bond motifs is 1. The Hall–Kier alpha value is -2.04. The fourth-order valence-corrected chi connectivity index (χ4v) is 2.62. The van der Waals surface area contributed by atoms with E-state index in [2.05, 4.69) is 5.32 Å². The molecule has 108 valence electrons. The molecule has 1 aliphatic rings. The number of anilines is 1. The highest BCUT2D eigenvalue weighted by Gasteiger charge is 2.30. The lowest BCUT2D eigenvalue weighted by Crippen LogP contribution is -2.28. The van der Waals surface area contributed by atoms with Crippen LogP contribution in [0.4, 0.5) is 5.69 Å². The molecule has 5 nitrogen and oxygen atoms in total. The molecule has 0 aliphatic carbocycles. The van der Waals surface area contributed by atoms with E-state index in [1.165, 1.54) is 6.92 Å². The highest BCUT2D eigenvalue weighted by Crippen LogP contribution is 2.40. The van der Waals surface area contributed by atoms with E-state index >= 15 is 0 Å². The van der Waals surface area contributed by atoms with Gasteiger partial charge in [-0.3, -0.25) is 9.59 Å². The number of nitrogens with one attached hydrogen (secondary N) is 1. The number of hydrogen-bond donors (Lipinski definition) is 1. The maximum atomic E-state index is 11.7. The molecule has 0 saturated heterocycles. The number of methoxy groups -OCH3 is 1. The fraction of sp³-hybridized carbons (Fsp3) is 0.467. The van der Waals surface area contributed by atoms with Crippen LogP contribution in [0.2, 0.25) is 0 Å². The van der Waals surface area contributed by atoms with Crippen LogP contribution in [-0.4, -0.2) is 32.0 Å². The predicted molar refractivity (Wildman–Crippen MR) is 77.1 cm³/mol. The first-order valence-corrected chi connectivity index (χ1v) is 6.73. The number of hydrogen-bond acceptors (Lipinski definition) is 3. The summed E-state index contributed by atoms with van der Waals surface area (Å²) < 4.78 is 5.25. The summed E-state index contributed by atoms with van der Waals surface area (Å²) in [5, 5.41) is 2.80. The molecule has 1 atom stereocenters. The number of carbonyl (C=O) groups is 2. The summed E-state index contributed by atoms with van der Waals surface area (Å²) in [6, 6.07) is 5.77. The van der Waals surface area contributed by atoms with Gasteiger partial charge >= 0.3 is 0 Å². The summed E-state index contributed by atoms with van der Waals surface area (Å²) in [5.41, 5.74) is 2.07. The minimum atomic E-state index is -0.0303. The summed E-state index contributed by atoms with van der Waals surface area (Å²) in [4.78, 5) is 24.4. The van der Waals surface area contributed by atoms with E-state index in [9.17, 15) is 9.59 Å². The molecule has 0 bridgehead atoms. The van der Waals surface area contributed by atoms with Crippen molar-refractivity contribution >= 4 is 17.5 Å². The number of carbonyl (C=O) groups excluding carboxylic acids is 2. The van der Waals surface area contributed by atoms with Gasteiger partial charge in [0.15, 0.2) is 0 Å². The lowest BCUT2D eigenvalue weighted by atomic mass is 9.97. The fourth-order valence-electron chi connectivity index (χ4n) is 2.62. The van der Waals surface area contributed by atoms with Crippen LogP contribution in [0.15, 0.2) is 18.2 Å². The summed E-state index contributed by atoms with van der Waals surface area (Å²) in [7, 11) is 1.63. The third-order valence-electron chi connectivity index (χ3n) is 3.62. The zero-order valence-corrected chi connectivity index (χ0v) is 12.1. The van der Waals surface area contributed by atoms with E-state index < -0.39 is 0 Å². The van der Waals surface area contributed by atoms with E-state index in [0.717, 1.165) is 23.4 Å². The molecule has 5 heteroatoms. The summed E-state index contributed by atoms with van der Waals surface area (Å²) in [5.74, 6) is 1.03. The van der Waals surface area contributed by atoms with Crippen molar-refractivity contribution in [1.29, 1.82) is 0 Å². The van der Waals surface area contributed by atoms with Crippen LogP contribution in [0.25, 0.3) is 0 Å². The van der Waals surface area contributed by atoms with Crippen molar-refractivity contribution in [2.75, 3.05) is 25.1 Å². The Morgan fingerprint density at radius 3 is 2.75 bits per heavy atom. The third kappa shape index (κ3) is 2.92. The van der Waals surface area contributed by atoms with Crippen molar-refractivity contribution in [1.82, 2.24) is 5.32 Å². The van der Waals surface area contributed by atoms with Crippen molar-refractivity contribution in [2.24, 2.45) is 0 Å². The lowest BCUT2D eigenvalue weighted by Gasteiger charge is -2.15. The third-order valence-corrected chi connectivity index (χ3v) is 3.62. The molecular weight excluding hydrogens is 256 g/mol. The highest BCUT2D eigenvalue weighted by molar-refractivity contribution is 5.94. The molecule has 1 aliphatic heterocycles. The van der Waals surface area contributed by atoms with Gasteiger partial charge in [0, 0.05) is 38.5 Å². The van der Waals surface area contributed by atoms with Gasteiger partial charge in [0.1, 0.15) is 5.75 Å². The average molecular weight is 276 g/mol. The maximum Gasteiger partial charge on any atom is 0.223 e. The van der Waals surface area contributed by atoms with Crippen LogP contribution in [0.5, 0.6) is 5.75 Å². The topological polar surface area (TPSA) is 58.6 Å². The second kappa shape index (κ2) is 5.94. The van der Waals surface area contributed by atoms with Crippen molar-refractivity contribution in [2.45, 2.75) is 26.2 Å².